The van der Waals surface area contributed by atoms with Gasteiger partial charge >= 0.3 is 5.97 Å². The minimum atomic E-state index is -0.929. The third-order valence-corrected chi connectivity index (χ3v) is 11.1. The number of esters is 1. The zero-order valence-electron chi connectivity index (χ0n) is 20.6. The van der Waals surface area contributed by atoms with Crippen molar-refractivity contribution in [1.29, 1.82) is 0 Å². The van der Waals surface area contributed by atoms with E-state index in [1.165, 1.54) is 0 Å². The number of fused-ring (bicyclic) bond motifs is 7. The highest BCUT2D eigenvalue weighted by Gasteiger charge is 2.76. The second-order valence-corrected chi connectivity index (χ2v) is 11.8. The SMILES string of the molecule is CCOC(=O)C1NC[C@]2(C(=O)CO)[C@H]1C[C@H]1[C@@H]3CCC4=CC(=O)C=C[C@]4(C)[C@@]3(C)[C@@H](O)C[C@@]12C. The number of hydrogen-bond acceptors (Lipinski definition) is 7. The Morgan fingerprint density at radius 3 is 2.62 bits per heavy atom. The van der Waals surface area contributed by atoms with Crippen LogP contribution in [0.2, 0.25) is 0 Å². The van der Waals surface area contributed by atoms with E-state index in [4.69, 9.17) is 4.74 Å². The van der Waals surface area contributed by atoms with Crippen LogP contribution >= 0.6 is 0 Å². The number of aliphatic hydroxyl groups is 2. The minimum Gasteiger partial charge on any atom is -0.465 e. The van der Waals surface area contributed by atoms with E-state index in [-0.39, 0.29) is 41.9 Å². The predicted molar refractivity (Wildman–Crippen MR) is 124 cm³/mol. The fraction of sp³-hybridized carbons (Fsp3) is 0.741. The number of Topliss-reactive ketones (excluding diaryl/α,β-unsaturated/α-hetero) is 1. The molecule has 0 amide bonds. The molecule has 0 aromatic heterocycles. The van der Waals surface area contributed by atoms with Crippen molar-refractivity contribution < 1.29 is 29.3 Å². The third kappa shape index (κ3) is 2.61. The van der Waals surface area contributed by atoms with Crippen molar-refractivity contribution in [3.05, 3.63) is 23.8 Å². The van der Waals surface area contributed by atoms with Crippen molar-refractivity contribution in [3.8, 4) is 0 Å². The molecule has 0 radical (unpaired) electrons. The molecule has 4 aliphatic carbocycles. The molecule has 0 aromatic rings. The lowest BCUT2D eigenvalue weighted by Gasteiger charge is -2.66. The van der Waals surface area contributed by atoms with Crippen LogP contribution in [0.15, 0.2) is 23.8 Å². The van der Waals surface area contributed by atoms with E-state index in [1.807, 2.05) is 6.08 Å². The van der Waals surface area contributed by atoms with Gasteiger partial charge in [-0.15, -0.1) is 0 Å². The average molecular weight is 472 g/mol. The number of carbonyl (C=O) groups is 3. The lowest BCUT2D eigenvalue weighted by molar-refractivity contribution is -0.190. The number of allylic oxidation sites excluding steroid dienone is 4. The van der Waals surface area contributed by atoms with E-state index in [0.717, 1.165) is 18.4 Å². The summed E-state index contributed by atoms with van der Waals surface area (Å²) >= 11 is 0. The van der Waals surface area contributed by atoms with Gasteiger partial charge in [-0.25, -0.2) is 0 Å². The molecule has 1 unspecified atom stereocenters. The van der Waals surface area contributed by atoms with Crippen molar-refractivity contribution in [3.63, 3.8) is 0 Å². The lowest BCUT2D eigenvalue weighted by atomic mass is 9.39. The molecule has 5 aliphatic rings. The van der Waals surface area contributed by atoms with Crippen molar-refractivity contribution in [2.45, 2.75) is 65.5 Å². The second-order valence-electron chi connectivity index (χ2n) is 11.8. The molecule has 1 saturated heterocycles. The van der Waals surface area contributed by atoms with Crippen molar-refractivity contribution in [2.24, 2.45) is 39.4 Å². The molecule has 34 heavy (non-hydrogen) atoms. The predicted octanol–water partition coefficient (Wildman–Crippen LogP) is 1.96. The molecule has 0 aromatic carbocycles. The van der Waals surface area contributed by atoms with Crippen LogP contribution in [0.3, 0.4) is 0 Å². The van der Waals surface area contributed by atoms with Crippen LogP contribution < -0.4 is 5.32 Å². The number of ether oxygens (including phenoxy) is 1. The summed E-state index contributed by atoms with van der Waals surface area (Å²) in [5.41, 5.74) is -1.38. The molecule has 9 atom stereocenters. The number of carbonyl (C=O) groups excluding carboxylic acids is 3. The fourth-order valence-electron chi connectivity index (χ4n) is 9.25. The first kappa shape index (κ1) is 23.9. The van der Waals surface area contributed by atoms with Crippen LogP contribution in [-0.4, -0.2) is 59.7 Å². The van der Waals surface area contributed by atoms with Gasteiger partial charge in [-0.05, 0) is 67.9 Å². The van der Waals surface area contributed by atoms with Crippen LogP contribution in [-0.2, 0) is 19.1 Å². The van der Waals surface area contributed by atoms with Gasteiger partial charge in [-0.2, -0.15) is 0 Å². The molecule has 3 N–H and O–H groups in total. The molecule has 1 heterocycles. The Bertz CT molecular complexity index is 1000. The molecular formula is C27H37NO6. The Balaban J connectivity index is 1.62. The van der Waals surface area contributed by atoms with Gasteiger partial charge in [-0.3, -0.25) is 14.4 Å². The van der Waals surface area contributed by atoms with Gasteiger partial charge in [0.1, 0.15) is 12.6 Å². The van der Waals surface area contributed by atoms with Crippen LogP contribution in [0, 0.1) is 39.4 Å². The third-order valence-electron chi connectivity index (χ3n) is 11.1. The zero-order valence-corrected chi connectivity index (χ0v) is 20.6. The monoisotopic (exact) mass is 471 g/mol. The maximum Gasteiger partial charge on any atom is 0.323 e. The highest BCUT2D eigenvalue weighted by molar-refractivity contribution is 6.01. The summed E-state index contributed by atoms with van der Waals surface area (Å²) in [6.07, 6.45) is 7.32. The van der Waals surface area contributed by atoms with Crippen molar-refractivity contribution in [2.75, 3.05) is 19.8 Å². The van der Waals surface area contributed by atoms with Gasteiger partial charge in [0, 0.05) is 17.4 Å². The normalized spacial score (nSPS) is 48.9. The smallest absolute Gasteiger partial charge is 0.323 e. The first-order valence-electron chi connectivity index (χ1n) is 12.7. The molecule has 4 fully saturated rings. The van der Waals surface area contributed by atoms with Crippen LogP contribution in [0.5, 0.6) is 0 Å². The molecule has 7 nitrogen and oxygen atoms in total. The van der Waals surface area contributed by atoms with Crippen LogP contribution in [0.4, 0.5) is 0 Å². The molecule has 7 heteroatoms. The van der Waals surface area contributed by atoms with E-state index in [0.29, 0.717) is 19.4 Å². The number of aliphatic hydroxyl groups excluding tert-OH is 2. The molecule has 186 valence electrons. The van der Waals surface area contributed by atoms with Crippen LogP contribution in [0.1, 0.15) is 53.4 Å². The molecule has 3 saturated carbocycles. The maximum atomic E-state index is 13.5. The molecule has 1 aliphatic heterocycles. The van der Waals surface area contributed by atoms with Gasteiger partial charge in [-0.1, -0.05) is 32.4 Å². The van der Waals surface area contributed by atoms with Gasteiger partial charge in [0.05, 0.1) is 18.1 Å². The summed E-state index contributed by atoms with van der Waals surface area (Å²) in [6, 6.07) is -0.594. The molecule has 5 rings (SSSR count). The van der Waals surface area contributed by atoms with E-state index in [2.05, 4.69) is 26.1 Å². The second kappa shape index (κ2) is 7.58. The largest absolute Gasteiger partial charge is 0.465 e. The summed E-state index contributed by atoms with van der Waals surface area (Å²) in [5, 5.41) is 25.2. The molecule has 0 bridgehead atoms. The lowest BCUT2D eigenvalue weighted by Crippen LogP contribution is -2.65. The minimum absolute atomic E-state index is 0.00379. The Morgan fingerprint density at radius 1 is 1.21 bits per heavy atom. The van der Waals surface area contributed by atoms with E-state index in [1.54, 1.807) is 19.1 Å². The van der Waals surface area contributed by atoms with E-state index < -0.39 is 40.4 Å². The van der Waals surface area contributed by atoms with Gasteiger partial charge in [0.2, 0.25) is 0 Å². The summed E-state index contributed by atoms with van der Waals surface area (Å²) in [4.78, 5) is 38.5. The summed E-state index contributed by atoms with van der Waals surface area (Å²) in [6.45, 7) is 8.13. The standard InChI is InChI=1S/C27H37NO6/c1-5-34-23(33)22-19-11-18-17-7-6-15-10-16(30)8-9-24(15,2)26(17,4)20(31)12-25(18,3)27(19,14-28-22)21(32)13-29/h8-10,17-20,22,28-29,31H,5-7,11-14H2,1-4H3/t17-,18-,19-,20-,22?,24-,25-,26+,27+/m0/s1. The Morgan fingerprint density at radius 2 is 1.94 bits per heavy atom. The number of nitrogens with one attached hydrogen (secondary N) is 1. The average Bonchev–Trinajstić information content (AvgIpc) is 3.29. The zero-order chi connectivity index (χ0) is 24.7. The highest BCUT2D eigenvalue weighted by Crippen LogP contribution is 2.75. The van der Waals surface area contributed by atoms with Crippen molar-refractivity contribution >= 4 is 17.5 Å². The van der Waals surface area contributed by atoms with E-state index in [9.17, 15) is 24.6 Å². The van der Waals surface area contributed by atoms with E-state index >= 15 is 0 Å². The molecule has 0 spiro atoms. The number of rotatable bonds is 4. The van der Waals surface area contributed by atoms with Gasteiger partial charge < -0.3 is 20.3 Å². The summed E-state index contributed by atoms with van der Waals surface area (Å²) < 4.78 is 5.35. The van der Waals surface area contributed by atoms with Crippen LogP contribution in [0.25, 0.3) is 0 Å². The molecular weight excluding hydrogens is 434 g/mol. The van der Waals surface area contributed by atoms with Crippen molar-refractivity contribution in [1.82, 2.24) is 5.32 Å². The number of ketones is 2. The number of hydrogen-bond donors (Lipinski definition) is 3. The first-order chi connectivity index (χ1) is 16.0. The van der Waals surface area contributed by atoms with Gasteiger partial charge in [0.25, 0.3) is 0 Å². The van der Waals surface area contributed by atoms with Gasteiger partial charge in [0.15, 0.2) is 11.6 Å². The maximum absolute atomic E-state index is 13.5. The summed E-state index contributed by atoms with van der Waals surface area (Å²) in [5.74, 6) is -0.675. The Hall–Kier alpha value is -1.83. The first-order valence-corrected chi connectivity index (χ1v) is 12.7. The highest BCUT2D eigenvalue weighted by atomic mass is 16.5. The topological polar surface area (TPSA) is 113 Å². The summed E-state index contributed by atoms with van der Waals surface area (Å²) in [7, 11) is 0. The Kier molecular flexibility index (Phi) is 5.33. The Labute approximate surface area is 201 Å². The quantitative estimate of drug-likeness (QED) is 0.537. The fourth-order valence-corrected chi connectivity index (χ4v) is 9.25.